The molecule has 0 saturated heterocycles. The molecule has 1 heterocycles. The maximum Gasteiger partial charge on any atom is 0.260 e. The van der Waals surface area contributed by atoms with Crippen LogP contribution in [-0.4, -0.2) is 35.3 Å². The van der Waals surface area contributed by atoms with Crippen molar-refractivity contribution in [3.05, 3.63) is 41.7 Å². The van der Waals surface area contributed by atoms with Gasteiger partial charge in [0.1, 0.15) is 18.0 Å². The van der Waals surface area contributed by atoms with Crippen molar-refractivity contribution in [3.63, 3.8) is 0 Å². The quantitative estimate of drug-likeness (QED) is 0.550. The minimum Gasteiger partial charge on any atom is -0.497 e. The Kier molecular flexibility index (Phi) is 7.02. The van der Waals surface area contributed by atoms with Gasteiger partial charge in [-0.2, -0.15) is 5.10 Å². The molecule has 0 spiro atoms. The molecular weight excluding hydrogens is 336 g/mol. The highest BCUT2D eigenvalue weighted by Gasteiger charge is 2.08. The molecule has 26 heavy (non-hydrogen) atoms. The van der Waals surface area contributed by atoms with Gasteiger partial charge >= 0.3 is 0 Å². The number of hydrogen-bond donors (Lipinski definition) is 2. The summed E-state index contributed by atoms with van der Waals surface area (Å²) in [5.74, 6) is 0.862. The van der Waals surface area contributed by atoms with Gasteiger partial charge in [-0.05, 0) is 50.6 Å². The van der Waals surface area contributed by atoms with Gasteiger partial charge in [-0.1, -0.05) is 0 Å². The summed E-state index contributed by atoms with van der Waals surface area (Å²) in [4.78, 5) is 23.6. The highest BCUT2D eigenvalue weighted by atomic mass is 16.5. The summed E-state index contributed by atoms with van der Waals surface area (Å²) < 4.78 is 12.2. The van der Waals surface area contributed by atoms with Crippen molar-refractivity contribution in [1.29, 1.82) is 0 Å². The number of amides is 2. The monoisotopic (exact) mass is 360 g/mol. The molecular formula is C18H24N4O4. The van der Waals surface area contributed by atoms with E-state index in [1.807, 2.05) is 19.9 Å². The van der Waals surface area contributed by atoms with Crippen LogP contribution < -0.4 is 20.3 Å². The van der Waals surface area contributed by atoms with Gasteiger partial charge in [-0.25, -0.2) is 0 Å². The summed E-state index contributed by atoms with van der Waals surface area (Å²) >= 11 is 0. The lowest BCUT2D eigenvalue weighted by molar-refractivity contribution is -0.129. The Morgan fingerprint density at radius 3 is 2.35 bits per heavy atom. The molecule has 0 aliphatic heterocycles. The van der Waals surface area contributed by atoms with Crippen LogP contribution in [0.25, 0.3) is 0 Å². The van der Waals surface area contributed by atoms with Gasteiger partial charge in [0.05, 0.1) is 19.4 Å². The Bertz CT molecular complexity index is 740. The first-order valence-electron chi connectivity index (χ1n) is 8.33. The number of hydrazine groups is 1. The zero-order chi connectivity index (χ0) is 18.9. The molecule has 140 valence electrons. The van der Waals surface area contributed by atoms with Crippen LogP contribution in [0.1, 0.15) is 24.2 Å². The van der Waals surface area contributed by atoms with Crippen molar-refractivity contribution in [2.45, 2.75) is 33.2 Å². The molecule has 2 rings (SSSR count). The fourth-order valence-corrected chi connectivity index (χ4v) is 2.31. The highest BCUT2D eigenvalue weighted by molar-refractivity contribution is 5.81. The van der Waals surface area contributed by atoms with Crippen molar-refractivity contribution in [2.24, 2.45) is 0 Å². The molecule has 0 atom stereocenters. The molecule has 8 nitrogen and oxygen atoms in total. The molecule has 8 heteroatoms. The van der Waals surface area contributed by atoms with Gasteiger partial charge in [0.2, 0.25) is 5.91 Å². The highest BCUT2D eigenvalue weighted by Crippen LogP contribution is 2.17. The molecule has 0 radical (unpaired) electrons. The molecule has 1 aromatic carbocycles. The number of nitrogens with zero attached hydrogens (tertiary/aromatic N) is 2. The number of methoxy groups -OCH3 is 1. The van der Waals surface area contributed by atoms with E-state index in [4.69, 9.17) is 9.47 Å². The Morgan fingerprint density at radius 2 is 1.73 bits per heavy atom. The predicted octanol–water partition coefficient (Wildman–Crippen LogP) is 1.52. The summed E-state index contributed by atoms with van der Waals surface area (Å²) in [6, 6.07) is 9.10. The summed E-state index contributed by atoms with van der Waals surface area (Å²) in [6.07, 6.45) is 0.779. The van der Waals surface area contributed by atoms with Crippen molar-refractivity contribution < 1.29 is 19.1 Å². The van der Waals surface area contributed by atoms with E-state index in [0.29, 0.717) is 18.8 Å². The number of carbonyl (C=O) groups excluding carboxylic acids is 2. The van der Waals surface area contributed by atoms with E-state index in [1.54, 1.807) is 36.1 Å². The lowest BCUT2D eigenvalue weighted by Gasteiger charge is -2.09. The largest absolute Gasteiger partial charge is 0.497 e. The Morgan fingerprint density at radius 1 is 1.08 bits per heavy atom. The van der Waals surface area contributed by atoms with E-state index in [0.717, 1.165) is 17.1 Å². The number of nitrogens with one attached hydrogen (secondary N) is 2. The molecule has 0 aliphatic carbocycles. The van der Waals surface area contributed by atoms with Gasteiger partial charge in [0.25, 0.3) is 5.91 Å². The van der Waals surface area contributed by atoms with Crippen LogP contribution in [0.4, 0.5) is 0 Å². The Balaban J connectivity index is 1.61. The van der Waals surface area contributed by atoms with Crippen LogP contribution >= 0.6 is 0 Å². The molecule has 0 saturated carbocycles. The molecule has 1 aromatic heterocycles. The van der Waals surface area contributed by atoms with Crippen LogP contribution in [0.5, 0.6) is 11.5 Å². The van der Waals surface area contributed by atoms with Crippen LogP contribution in [0.15, 0.2) is 30.3 Å². The van der Waals surface area contributed by atoms with Crippen molar-refractivity contribution in [3.8, 4) is 11.5 Å². The number of hydrogen-bond acceptors (Lipinski definition) is 5. The van der Waals surface area contributed by atoms with Gasteiger partial charge in [0, 0.05) is 12.1 Å². The first kappa shape index (κ1) is 19.3. The van der Waals surface area contributed by atoms with E-state index < -0.39 is 0 Å². The second-order valence-corrected chi connectivity index (χ2v) is 5.81. The number of aryl methyl sites for hydroxylation is 2. The molecule has 2 N–H and O–H groups in total. The second kappa shape index (κ2) is 9.45. The number of ether oxygens (including phenoxy) is 2. The van der Waals surface area contributed by atoms with E-state index in [2.05, 4.69) is 16.0 Å². The number of aromatic nitrogens is 2. The molecule has 0 unspecified atom stereocenters. The third-order valence-electron chi connectivity index (χ3n) is 3.61. The number of carbonyl (C=O) groups is 2. The fraction of sp³-hybridized carbons (Fsp3) is 0.389. The van der Waals surface area contributed by atoms with Crippen molar-refractivity contribution >= 4 is 11.8 Å². The minimum atomic E-state index is -0.334. The third kappa shape index (κ3) is 6.12. The topological polar surface area (TPSA) is 94.5 Å². The second-order valence-electron chi connectivity index (χ2n) is 5.81. The fourth-order valence-electron chi connectivity index (χ4n) is 2.31. The Labute approximate surface area is 152 Å². The van der Waals surface area contributed by atoms with Gasteiger partial charge in [0.15, 0.2) is 0 Å². The summed E-state index contributed by atoms with van der Waals surface area (Å²) in [5.41, 5.74) is 6.51. The smallest absolute Gasteiger partial charge is 0.260 e. The summed E-state index contributed by atoms with van der Waals surface area (Å²) in [5, 5.41) is 4.20. The summed E-state index contributed by atoms with van der Waals surface area (Å²) in [6.45, 7) is 4.19. The standard InChI is InChI=1S/C18H24N4O4/c1-13-11-14(2)22(21-13)12-18(24)20-19-17(23)5-4-10-26-16-8-6-15(25-3)7-9-16/h6-9,11H,4-5,10,12H2,1-3H3,(H,19,23)(H,20,24). The molecule has 0 aliphatic rings. The van der Waals surface area contributed by atoms with E-state index in [-0.39, 0.29) is 24.8 Å². The number of benzene rings is 1. The van der Waals surface area contributed by atoms with Gasteiger partial charge in [-0.3, -0.25) is 25.1 Å². The van der Waals surface area contributed by atoms with Gasteiger partial charge < -0.3 is 9.47 Å². The molecule has 0 bridgehead atoms. The predicted molar refractivity (Wildman–Crippen MR) is 95.7 cm³/mol. The van der Waals surface area contributed by atoms with E-state index in [1.165, 1.54) is 0 Å². The van der Waals surface area contributed by atoms with E-state index >= 15 is 0 Å². The lowest BCUT2D eigenvalue weighted by Crippen LogP contribution is -2.43. The van der Waals surface area contributed by atoms with Crippen LogP contribution in [-0.2, 0) is 16.1 Å². The van der Waals surface area contributed by atoms with Crippen LogP contribution in [0, 0.1) is 13.8 Å². The summed E-state index contributed by atoms with van der Waals surface area (Å²) in [7, 11) is 1.60. The van der Waals surface area contributed by atoms with Gasteiger partial charge in [-0.15, -0.1) is 0 Å². The maximum absolute atomic E-state index is 11.8. The lowest BCUT2D eigenvalue weighted by atomic mass is 10.3. The molecule has 2 aromatic rings. The zero-order valence-corrected chi connectivity index (χ0v) is 15.2. The normalized spacial score (nSPS) is 10.3. The average Bonchev–Trinajstić information content (AvgIpc) is 2.94. The minimum absolute atomic E-state index is 0.0561. The van der Waals surface area contributed by atoms with Crippen LogP contribution in [0.3, 0.4) is 0 Å². The van der Waals surface area contributed by atoms with Crippen LogP contribution in [0.2, 0.25) is 0 Å². The van der Waals surface area contributed by atoms with Crippen molar-refractivity contribution in [2.75, 3.05) is 13.7 Å². The first-order chi connectivity index (χ1) is 12.5. The molecule has 2 amide bonds. The maximum atomic E-state index is 11.8. The van der Waals surface area contributed by atoms with E-state index in [9.17, 15) is 9.59 Å². The molecule has 0 fully saturated rings. The average molecular weight is 360 g/mol. The SMILES string of the molecule is COc1ccc(OCCCC(=O)NNC(=O)Cn2nc(C)cc2C)cc1. The third-order valence-corrected chi connectivity index (χ3v) is 3.61. The van der Waals surface area contributed by atoms with Crippen molar-refractivity contribution in [1.82, 2.24) is 20.6 Å². The first-order valence-corrected chi connectivity index (χ1v) is 8.33. The zero-order valence-electron chi connectivity index (χ0n) is 15.2. The number of rotatable bonds is 8. The Hall–Kier alpha value is -3.03.